The van der Waals surface area contributed by atoms with Crippen LogP contribution >= 0.6 is 7.82 Å². The van der Waals surface area contributed by atoms with Crippen LogP contribution in [0.1, 0.15) is 253 Å². The molecule has 0 aromatic carbocycles. The molecule has 14 nitrogen and oxygen atoms in total. The fourth-order valence-electron chi connectivity index (χ4n) is 11.2. The van der Waals surface area contributed by atoms with E-state index >= 15 is 0 Å². The number of nitrogens with zero attached hydrogens (tertiary/aromatic N) is 2. The van der Waals surface area contributed by atoms with Gasteiger partial charge in [0.2, 0.25) is 0 Å². The fourth-order valence-corrected chi connectivity index (χ4v) is 12.0. The van der Waals surface area contributed by atoms with Crippen molar-refractivity contribution in [2.75, 3.05) is 26.4 Å². The number of nitrogens with one attached hydrogen (secondary N) is 2. The summed E-state index contributed by atoms with van der Waals surface area (Å²) in [6.45, 7) is 18.6. The summed E-state index contributed by atoms with van der Waals surface area (Å²) in [5.41, 5.74) is 13.3. The number of hydrogen-bond acceptors (Lipinski definition) is 11. The third kappa shape index (κ3) is 16.5. The molecule has 0 amide bonds. The molecule has 5 atom stereocenters. The van der Waals surface area contributed by atoms with Gasteiger partial charge in [-0.05, 0) is 100 Å². The topological polar surface area (TPSA) is 192 Å². The van der Waals surface area contributed by atoms with E-state index in [0.29, 0.717) is 37.1 Å². The van der Waals surface area contributed by atoms with E-state index in [1.54, 1.807) is 6.92 Å². The molecular formula is C61H91N4O10P. The first kappa shape index (κ1) is 60.8. The van der Waals surface area contributed by atoms with Gasteiger partial charge in [0.15, 0.2) is 11.9 Å². The van der Waals surface area contributed by atoms with Crippen molar-refractivity contribution in [3.05, 3.63) is 69.1 Å². The molecule has 5 unspecified atom stereocenters. The molecule has 0 radical (unpaired) electrons. The normalized spacial score (nSPS) is 17.3. The summed E-state index contributed by atoms with van der Waals surface area (Å²) >= 11 is 0. The first-order chi connectivity index (χ1) is 36.6. The number of Topliss-reactive ketones (excluding diaryl/α,β-unsaturated/α-hetero) is 1. The van der Waals surface area contributed by atoms with Crippen LogP contribution in [0, 0.1) is 6.92 Å². The molecule has 0 fully saturated rings. The summed E-state index contributed by atoms with van der Waals surface area (Å²) in [7, 11) is -4.47. The number of rotatable bonds is 34. The molecule has 1 aliphatic carbocycles. The second kappa shape index (κ2) is 30.1. The molecule has 420 valence electrons. The van der Waals surface area contributed by atoms with Crippen molar-refractivity contribution in [2.45, 2.75) is 234 Å². The highest BCUT2D eigenvalue weighted by Crippen LogP contribution is 2.47. The van der Waals surface area contributed by atoms with Gasteiger partial charge in [-0.25, -0.2) is 14.5 Å². The smallest absolute Gasteiger partial charge is 0.462 e. The first-order valence-electron chi connectivity index (χ1n) is 29.2. The third-order valence-electron chi connectivity index (χ3n) is 15.7. The van der Waals surface area contributed by atoms with Crippen LogP contribution in [0.4, 0.5) is 0 Å². The number of carbonyl (C=O) groups excluding carboxylic acids is 3. The van der Waals surface area contributed by atoms with Gasteiger partial charge in [-0.1, -0.05) is 131 Å². The zero-order valence-electron chi connectivity index (χ0n) is 47.6. The standard InChI is InChI=1S/C61H91N4O10P/c1-10-14-16-18-19-20-21-22-23-24-25-26-27-29-56(67)72-38-45(39-74-76(69,70)73-32-12-3)75-57(68)31-30-47-41(6)50-35-51-42(7)58(44(9)71-33-28-17-15-11-2)54(63-51)37-49-40(5)46(13-4)53(62-49)36-52-43(8)59-55(66)34-48(60(47)64-50)61(59)65-52/h35-37,41,44-45,47,62,64H,10-34,38-39H2,1-9H3,(H,69,70). The summed E-state index contributed by atoms with van der Waals surface area (Å²) in [4.78, 5) is 69.2. The molecule has 0 spiro atoms. The van der Waals surface area contributed by atoms with Gasteiger partial charge in [-0.2, -0.15) is 0 Å². The van der Waals surface area contributed by atoms with Crippen LogP contribution in [0.3, 0.4) is 0 Å². The van der Waals surface area contributed by atoms with Crippen molar-refractivity contribution >= 4 is 58.9 Å². The number of ketones is 1. The number of unbranched alkanes of at least 4 members (excludes halogenated alkanes) is 15. The summed E-state index contributed by atoms with van der Waals surface area (Å²) in [5.74, 6) is -1.42. The number of aromatic nitrogens is 4. The number of phosphoric ester groups is 1. The van der Waals surface area contributed by atoms with Crippen molar-refractivity contribution in [3.63, 3.8) is 0 Å². The average molecular weight is 1070 g/mol. The fraction of sp³-hybridized carbons (Fsp3) is 0.656. The molecule has 76 heavy (non-hydrogen) atoms. The van der Waals surface area contributed by atoms with E-state index in [0.717, 1.165) is 112 Å². The zero-order chi connectivity index (χ0) is 54.8. The lowest BCUT2D eigenvalue weighted by atomic mass is 9.85. The number of carbonyl (C=O) groups is 3. The van der Waals surface area contributed by atoms with Gasteiger partial charge < -0.3 is 29.1 Å². The van der Waals surface area contributed by atoms with Crippen LogP contribution in [0.15, 0.2) is 18.2 Å². The Labute approximate surface area is 453 Å². The summed E-state index contributed by atoms with van der Waals surface area (Å²) in [6.07, 6.45) is 20.5. The Morgan fingerprint density at radius 2 is 1.36 bits per heavy atom. The van der Waals surface area contributed by atoms with Gasteiger partial charge in [-0.15, -0.1) is 0 Å². The molecule has 6 rings (SSSR count). The monoisotopic (exact) mass is 1070 g/mol. The third-order valence-corrected chi connectivity index (χ3v) is 16.7. The molecule has 2 aromatic heterocycles. The molecule has 3 N–H and O–H groups in total. The minimum absolute atomic E-state index is 0.00258. The number of esters is 2. The predicted octanol–water partition coefficient (Wildman–Crippen LogP) is 15.0. The van der Waals surface area contributed by atoms with Gasteiger partial charge in [0, 0.05) is 76.8 Å². The highest BCUT2D eigenvalue weighted by Gasteiger charge is 2.39. The van der Waals surface area contributed by atoms with E-state index in [9.17, 15) is 23.8 Å². The highest BCUT2D eigenvalue weighted by atomic mass is 31.2. The lowest BCUT2D eigenvalue weighted by molar-refractivity contribution is -0.161. The lowest BCUT2D eigenvalue weighted by Crippen LogP contribution is -2.29. The highest BCUT2D eigenvalue weighted by molar-refractivity contribution is 7.47. The van der Waals surface area contributed by atoms with Gasteiger partial charge >= 0.3 is 19.8 Å². The Morgan fingerprint density at radius 3 is 2.01 bits per heavy atom. The van der Waals surface area contributed by atoms with E-state index in [4.69, 9.17) is 33.2 Å². The Morgan fingerprint density at radius 1 is 0.724 bits per heavy atom. The largest absolute Gasteiger partial charge is 0.472 e. The van der Waals surface area contributed by atoms with Crippen molar-refractivity contribution in [2.24, 2.45) is 0 Å². The van der Waals surface area contributed by atoms with Crippen LogP contribution in [-0.2, 0) is 55.0 Å². The Bertz CT molecular complexity index is 2630. The number of phosphoric acid groups is 1. The van der Waals surface area contributed by atoms with Crippen LogP contribution in [-0.4, -0.2) is 81.2 Å². The van der Waals surface area contributed by atoms with Crippen molar-refractivity contribution in [1.82, 2.24) is 19.9 Å². The number of allylic oxidation sites excluding steroid dienone is 3. The van der Waals surface area contributed by atoms with Crippen LogP contribution in [0.5, 0.6) is 0 Å². The van der Waals surface area contributed by atoms with Crippen LogP contribution in [0.25, 0.3) is 33.3 Å². The molecule has 3 aliphatic heterocycles. The van der Waals surface area contributed by atoms with E-state index in [1.165, 1.54) is 69.8 Å². The number of H-pyrrole nitrogens is 2. The van der Waals surface area contributed by atoms with Crippen molar-refractivity contribution in [1.29, 1.82) is 0 Å². The van der Waals surface area contributed by atoms with E-state index in [1.807, 2.05) is 6.92 Å². The first-order valence-corrected chi connectivity index (χ1v) is 30.7. The Kier molecular flexibility index (Phi) is 24.0. The SMILES string of the molecule is CCCCCCCCCCCCCCCC(=O)OCC(COP(=O)(O)OCCC)OC(=O)CCC1c2[nH]c(cc3nc(cc4[nH]c(cc5nc6c2CC(=O)C6=C5C)c(CC)c4C)C(C(C)OCCCCCC)=C3C)C1C. The Balaban J connectivity index is 1.22. The Hall–Kier alpha value is -4.46. The molecule has 2 aromatic rings. The summed E-state index contributed by atoms with van der Waals surface area (Å²) < 4.78 is 41.1. The van der Waals surface area contributed by atoms with E-state index in [-0.39, 0.29) is 56.2 Å². The van der Waals surface area contributed by atoms with Gasteiger partial charge in [-0.3, -0.25) is 23.4 Å². The number of ether oxygens (including phenoxy) is 3. The van der Waals surface area contributed by atoms with Gasteiger partial charge in [0.1, 0.15) is 6.61 Å². The second-order valence-corrected chi connectivity index (χ2v) is 23.0. The average Bonchev–Trinajstić information content (AvgIpc) is 4.20. The molecule has 4 aliphatic rings. The number of aromatic amines is 2. The molecular weight excluding hydrogens is 980 g/mol. The minimum Gasteiger partial charge on any atom is -0.462 e. The predicted molar refractivity (Wildman–Crippen MR) is 303 cm³/mol. The molecule has 15 heteroatoms. The zero-order valence-corrected chi connectivity index (χ0v) is 48.5. The maximum atomic E-state index is 14.0. The number of fused-ring (bicyclic) bond motifs is 8. The van der Waals surface area contributed by atoms with Crippen molar-refractivity contribution in [3.8, 4) is 0 Å². The maximum absolute atomic E-state index is 14.0. The van der Waals surface area contributed by atoms with Crippen molar-refractivity contribution < 1.29 is 47.1 Å². The molecule has 5 heterocycles. The lowest BCUT2D eigenvalue weighted by Gasteiger charge is -2.21. The number of aryl methyl sites for hydroxylation is 2. The van der Waals surface area contributed by atoms with Gasteiger partial charge in [0.25, 0.3) is 0 Å². The molecule has 0 saturated carbocycles. The quantitative estimate of drug-likeness (QED) is 0.0342. The van der Waals surface area contributed by atoms with Crippen LogP contribution < -0.4 is 0 Å². The van der Waals surface area contributed by atoms with E-state index < -0.39 is 32.5 Å². The molecule has 0 saturated heterocycles. The molecule has 8 bridgehead atoms. The van der Waals surface area contributed by atoms with Gasteiger partial charge in [0.05, 0.1) is 42.1 Å². The summed E-state index contributed by atoms with van der Waals surface area (Å²) in [6, 6.07) is 6.29. The van der Waals surface area contributed by atoms with E-state index in [2.05, 4.69) is 76.6 Å². The number of hydrogen-bond donors (Lipinski definition) is 3. The minimum atomic E-state index is -4.47. The second-order valence-electron chi connectivity index (χ2n) is 21.6. The van der Waals surface area contributed by atoms with Crippen LogP contribution in [0.2, 0.25) is 0 Å². The summed E-state index contributed by atoms with van der Waals surface area (Å²) in [5, 5.41) is 0. The maximum Gasteiger partial charge on any atom is 0.472 e.